The molecule has 0 aromatic heterocycles. The van der Waals surface area contributed by atoms with Crippen molar-refractivity contribution in [3.63, 3.8) is 0 Å². The van der Waals surface area contributed by atoms with Gasteiger partial charge in [0.1, 0.15) is 5.75 Å². The van der Waals surface area contributed by atoms with Crippen LogP contribution < -0.4 is 10.1 Å². The Morgan fingerprint density at radius 3 is 2.70 bits per heavy atom. The zero-order valence-electron chi connectivity index (χ0n) is 11.7. The number of benzene rings is 1. The van der Waals surface area contributed by atoms with Gasteiger partial charge in [0.15, 0.2) is 0 Å². The van der Waals surface area contributed by atoms with E-state index in [9.17, 15) is 0 Å². The zero-order chi connectivity index (χ0) is 13.1. The highest BCUT2D eigenvalue weighted by Crippen LogP contribution is 2.40. The first-order chi connectivity index (χ1) is 9.33. The molecule has 1 aliphatic heterocycles. The largest absolute Gasteiger partial charge is 0.493 e. The maximum absolute atomic E-state index is 6.13. The van der Waals surface area contributed by atoms with Gasteiger partial charge in [-0.05, 0) is 55.5 Å². The number of nitrogens with one attached hydrogen (secondary N) is 1. The second-order valence-electron chi connectivity index (χ2n) is 5.83. The van der Waals surface area contributed by atoms with Crippen LogP contribution in [0.4, 0.5) is 0 Å². The first kappa shape index (κ1) is 16.1. The molecule has 1 aromatic carbocycles. The maximum Gasteiger partial charge on any atom is 0.122 e. The summed E-state index contributed by atoms with van der Waals surface area (Å²) in [6.07, 6.45) is 6.61. The molecular weight excluding hydrogens is 338 g/mol. The van der Waals surface area contributed by atoms with Crippen molar-refractivity contribution in [1.82, 2.24) is 5.32 Å². The van der Waals surface area contributed by atoms with Crippen LogP contribution in [-0.2, 0) is 0 Å². The van der Waals surface area contributed by atoms with Crippen LogP contribution in [0, 0.1) is 5.92 Å². The smallest absolute Gasteiger partial charge is 0.122 e. The van der Waals surface area contributed by atoms with Crippen molar-refractivity contribution in [3.05, 3.63) is 28.2 Å². The van der Waals surface area contributed by atoms with E-state index in [0.717, 1.165) is 25.4 Å². The predicted octanol–water partition coefficient (Wildman–Crippen LogP) is 4.52. The minimum atomic E-state index is 0. The minimum Gasteiger partial charge on any atom is -0.493 e. The molecule has 1 saturated carbocycles. The minimum absolute atomic E-state index is 0. The van der Waals surface area contributed by atoms with Gasteiger partial charge in [-0.3, -0.25) is 0 Å². The highest BCUT2D eigenvalue weighted by molar-refractivity contribution is 9.10. The van der Waals surface area contributed by atoms with E-state index in [-0.39, 0.29) is 12.4 Å². The molecule has 1 heterocycles. The quantitative estimate of drug-likeness (QED) is 0.852. The molecule has 3 rings (SSSR count). The lowest BCUT2D eigenvalue weighted by Gasteiger charge is -2.18. The Morgan fingerprint density at radius 2 is 2.00 bits per heavy atom. The van der Waals surface area contributed by atoms with E-state index < -0.39 is 0 Å². The molecule has 2 nitrogen and oxygen atoms in total. The van der Waals surface area contributed by atoms with Crippen molar-refractivity contribution in [3.8, 4) is 5.75 Å². The van der Waals surface area contributed by atoms with Crippen LogP contribution in [0.5, 0.6) is 5.75 Å². The van der Waals surface area contributed by atoms with E-state index in [0.29, 0.717) is 11.8 Å². The van der Waals surface area contributed by atoms with E-state index in [1.54, 1.807) is 0 Å². The lowest BCUT2D eigenvalue weighted by Crippen LogP contribution is -2.16. The molecule has 0 amide bonds. The fraction of sp³-hybridized carbons (Fsp3) is 0.625. The molecule has 1 unspecified atom stereocenters. The lowest BCUT2D eigenvalue weighted by molar-refractivity contribution is 0.256. The van der Waals surface area contributed by atoms with Crippen molar-refractivity contribution in [2.24, 2.45) is 5.92 Å². The van der Waals surface area contributed by atoms with E-state index in [1.807, 2.05) is 0 Å². The monoisotopic (exact) mass is 359 g/mol. The average Bonchev–Trinajstić information content (AvgIpc) is 3.10. The van der Waals surface area contributed by atoms with Gasteiger partial charge in [0.2, 0.25) is 0 Å². The Balaban J connectivity index is 0.00000147. The molecule has 112 valence electrons. The van der Waals surface area contributed by atoms with Crippen LogP contribution in [0.25, 0.3) is 0 Å². The predicted molar refractivity (Wildman–Crippen MR) is 89.1 cm³/mol. The Morgan fingerprint density at radius 1 is 1.20 bits per heavy atom. The number of ether oxygens (including phenoxy) is 1. The van der Waals surface area contributed by atoms with Gasteiger partial charge in [-0.2, -0.15) is 0 Å². The maximum atomic E-state index is 6.13. The van der Waals surface area contributed by atoms with Crippen molar-refractivity contribution < 1.29 is 4.74 Å². The van der Waals surface area contributed by atoms with Gasteiger partial charge < -0.3 is 10.1 Å². The van der Waals surface area contributed by atoms with Crippen molar-refractivity contribution in [2.45, 2.75) is 38.0 Å². The molecule has 2 aliphatic rings. The molecule has 1 aliphatic carbocycles. The van der Waals surface area contributed by atoms with Crippen LogP contribution >= 0.6 is 28.3 Å². The lowest BCUT2D eigenvalue weighted by atomic mass is 9.97. The summed E-state index contributed by atoms with van der Waals surface area (Å²) in [4.78, 5) is 0. The summed E-state index contributed by atoms with van der Waals surface area (Å²) in [6.45, 7) is 3.10. The summed E-state index contributed by atoms with van der Waals surface area (Å²) < 4.78 is 7.30. The average molecular weight is 361 g/mol. The Kier molecular flexibility index (Phi) is 6.19. The van der Waals surface area contributed by atoms with Gasteiger partial charge >= 0.3 is 0 Å². The molecule has 1 N–H and O–H groups in total. The molecule has 1 atom stereocenters. The van der Waals surface area contributed by atoms with Gasteiger partial charge in [0.25, 0.3) is 0 Å². The molecule has 1 saturated heterocycles. The fourth-order valence-electron chi connectivity index (χ4n) is 3.27. The van der Waals surface area contributed by atoms with Crippen LogP contribution in [-0.4, -0.2) is 19.7 Å². The topological polar surface area (TPSA) is 21.3 Å². The highest BCUT2D eigenvalue weighted by Gasteiger charge is 2.22. The molecular formula is C16H23BrClNO. The van der Waals surface area contributed by atoms with Gasteiger partial charge in [0.05, 0.1) is 6.61 Å². The summed E-state index contributed by atoms with van der Waals surface area (Å²) in [6, 6.07) is 6.50. The normalized spacial score (nSPS) is 22.8. The number of halogens is 2. The summed E-state index contributed by atoms with van der Waals surface area (Å²) in [5.74, 6) is 2.50. The van der Waals surface area contributed by atoms with Gasteiger partial charge in [-0.1, -0.05) is 28.8 Å². The van der Waals surface area contributed by atoms with Gasteiger partial charge in [0, 0.05) is 16.9 Å². The van der Waals surface area contributed by atoms with Crippen molar-refractivity contribution >= 4 is 28.3 Å². The first-order valence-corrected chi connectivity index (χ1v) is 8.25. The summed E-state index contributed by atoms with van der Waals surface area (Å²) in [5, 5.41) is 3.40. The SMILES string of the molecule is Brc1ccc(OCC2CCNC2)c(C2CCCC2)c1.Cl. The third kappa shape index (κ3) is 3.90. The van der Waals surface area contributed by atoms with E-state index >= 15 is 0 Å². The molecule has 0 spiro atoms. The molecule has 0 radical (unpaired) electrons. The van der Waals surface area contributed by atoms with Crippen molar-refractivity contribution in [2.75, 3.05) is 19.7 Å². The summed E-state index contributed by atoms with van der Waals surface area (Å²) in [5.41, 5.74) is 1.41. The number of rotatable bonds is 4. The molecule has 2 fully saturated rings. The molecule has 1 aromatic rings. The Bertz CT molecular complexity index is 428. The second-order valence-corrected chi connectivity index (χ2v) is 6.75. The molecule has 4 heteroatoms. The summed E-state index contributed by atoms with van der Waals surface area (Å²) >= 11 is 3.60. The molecule has 20 heavy (non-hydrogen) atoms. The van der Waals surface area contributed by atoms with Gasteiger partial charge in [-0.25, -0.2) is 0 Å². The van der Waals surface area contributed by atoms with Crippen molar-refractivity contribution in [1.29, 1.82) is 0 Å². The van der Waals surface area contributed by atoms with E-state index in [4.69, 9.17) is 4.74 Å². The summed E-state index contributed by atoms with van der Waals surface area (Å²) in [7, 11) is 0. The van der Waals surface area contributed by atoms with E-state index in [2.05, 4.69) is 39.4 Å². The number of hydrogen-bond donors (Lipinski definition) is 1. The third-order valence-corrected chi connectivity index (χ3v) is 4.90. The second kappa shape index (κ2) is 7.67. The van der Waals surface area contributed by atoms with Crippen LogP contribution in [0.1, 0.15) is 43.6 Å². The first-order valence-electron chi connectivity index (χ1n) is 7.46. The zero-order valence-corrected chi connectivity index (χ0v) is 14.1. The standard InChI is InChI=1S/C16H22BrNO.ClH/c17-14-5-6-16(19-11-12-7-8-18-10-12)15(9-14)13-3-1-2-4-13;/h5-6,9,12-13,18H,1-4,7-8,10-11H2;1H. The van der Waals surface area contributed by atoms with Crippen LogP contribution in [0.15, 0.2) is 22.7 Å². The third-order valence-electron chi connectivity index (χ3n) is 4.40. The van der Waals surface area contributed by atoms with Gasteiger partial charge in [-0.15, -0.1) is 12.4 Å². The van der Waals surface area contributed by atoms with Crippen LogP contribution in [0.2, 0.25) is 0 Å². The fourth-order valence-corrected chi connectivity index (χ4v) is 3.65. The Hall–Kier alpha value is -0.250. The van der Waals surface area contributed by atoms with E-state index in [1.165, 1.54) is 42.1 Å². The van der Waals surface area contributed by atoms with Crippen LogP contribution in [0.3, 0.4) is 0 Å². The highest BCUT2D eigenvalue weighted by atomic mass is 79.9. The molecule has 0 bridgehead atoms. The Labute approximate surface area is 136 Å². The number of hydrogen-bond acceptors (Lipinski definition) is 2.